The standard InChI is InChI=1S/C18H32OSi/c1-14(2)10-9-11-18(19)12-13-20(15(3)4,16(5)6)17(7)8/h9-11,15-19H,1-8H3/b11-9-. The van der Waals surface area contributed by atoms with Crippen LogP contribution in [0, 0.1) is 11.5 Å². The number of aliphatic hydroxyl groups excluding tert-OH is 1. The summed E-state index contributed by atoms with van der Waals surface area (Å²) in [5.74, 6) is 3.09. The van der Waals surface area contributed by atoms with Crippen molar-refractivity contribution in [1.82, 2.24) is 0 Å². The van der Waals surface area contributed by atoms with Crippen LogP contribution >= 0.6 is 0 Å². The first-order valence-electron chi connectivity index (χ1n) is 7.67. The monoisotopic (exact) mass is 292 g/mol. The fourth-order valence-electron chi connectivity index (χ4n) is 3.03. The van der Waals surface area contributed by atoms with Crippen LogP contribution < -0.4 is 0 Å². The lowest BCUT2D eigenvalue weighted by Gasteiger charge is -2.38. The summed E-state index contributed by atoms with van der Waals surface area (Å²) in [4.78, 5) is 0. The molecule has 0 bridgehead atoms. The van der Waals surface area contributed by atoms with Crippen molar-refractivity contribution in [2.24, 2.45) is 0 Å². The number of hydrogen-bond donors (Lipinski definition) is 1. The van der Waals surface area contributed by atoms with Gasteiger partial charge in [0.25, 0.3) is 0 Å². The Balaban J connectivity index is 5.25. The molecule has 0 aliphatic rings. The summed E-state index contributed by atoms with van der Waals surface area (Å²) in [5.41, 5.74) is 6.56. The van der Waals surface area contributed by atoms with Gasteiger partial charge in [-0.05, 0) is 36.5 Å². The third kappa shape index (κ3) is 5.30. The topological polar surface area (TPSA) is 20.2 Å². The summed E-state index contributed by atoms with van der Waals surface area (Å²) in [5, 5.41) is 10.0. The SMILES string of the molecule is CC(C)=C/C=C\C(O)C#C[Si](C(C)C)(C(C)C)C(C)C. The highest BCUT2D eigenvalue weighted by molar-refractivity contribution is 6.90. The Hall–Kier alpha value is -0.783. The molecule has 2 heteroatoms. The van der Waals surface area contributed by atoms with E-state index in [4.69, 9.17) is 0 Å². The first-order chi connectivity index (χ1) is 9.14. The molecular weight excluding hydrogens is 260 g/mol. The molecule has 1 unspecified atom stereocenters. The lowest BCUT2D eigenvalue weighted by molar-refractivity contribution is 0.281. The van der Waals surface area contributed by atoms with Crippen LogP contribution in [-0.4, -0.2) is 19.3 Å². The van der Waals surface area contributed by atoms with Crippen LogP contribution in [0.3, 0.4) is 0 Å². The van der Waals surface area contributed by atoms with Crippen molar-refractivity contribution in [3.05, 3.63) is 23.8 Å². The third-order valence-electron chi connectivity index (χ3n) is 4.03. The molecule has 0 aromatic heterocycles. The highest BCUT2D eigenvalue weighted by atomic mass is 28.3. The van der Waals surface area contributed by atoms with E-state index in [2.05, 4.69) is 53.0 Å². The first-order valence-corrected chi connectivity index (χ1v) is 9.90. The summed E-state index contributed by atoms with van der Waals surface area (Å²) in [6, 6.07) is 0. The molecule has 0 amide bonds. The zero-order chi connectivity index (χ0) is 15.9. The molecule has 114 valence electrons. The summed E-state index contributed by atoms with van der Waals surface area (Å²) in [7, 11) is -1.72. The van der Waals surface area contributed by atoms with Gasteiger partial charge in [-0.1, -0.05) is 65.2 Å². The average Bonchev–Trinajstić information content (AvgIpc) is 2.27. The summed E-state index contributed by atoms with van der Waals surface area (Å²) < 4.78 is 0. The second-order valence-corrected chi connectivity index (χ2v) is 12.3. The third-order valence-corrected chi connectivity index (χ3v) is 10.3. The van der Waals surface area contributed by atoms with Gasteiger partial charge in [0.1, 0.15) is 14.2 Å². The normalized spacial score (nSPS) is 13.8. The van der Waals surface area contributed by atoms with Gasteiger partial charge in [0.05, 0.1) is 0 Å². The maximum Gasteiger partial charge on any atom is 0.146 e. The molecule has 0 saturated heterocycles. The highest BCUT2D eigenvalue weighted by Gasteiger charge is 2.41. The summed E-state index contributed by atoms with van der Waals surface area (Å²) in [6.07, 6.45) is 4.98. The first kappa shape index (κ1) is 19.2. The predicted octanol–water partition coefficient (Wildman–Crippen LogP) is 5.09. The van der Waals surface area contributed by atoms with Gasteiger partial charge < -0.3 is 5.11 Å². The van der Waals surface area contributed by atoms with Gasteiger partial charge in [-0.15, -0.1) is 5.54 Å². The number of hydrogen-bond acceptors (Lipinski definition) is 1. The smallest absolute Gasteiger partial charge is 0.146 e. The largest absolute Gasteiger partial charge is 0.377 e. The van der Waals surface area contributed by atoms with Gasteiger partial charge >= 0.3 is 0 Å². The van der Waals surface area contributed by atoms with E-state index in [0.717, 1.165) is 0 Å². The average molecular weight is 293 g/mol. The zero-order valence-electron chi connectivity index (χ0n) is 14.5. The van der Waals surface area contributed by atoms with Crippen molar-refractivity contribution in [2.45, 2.75) is 78.1 Å². The molecule has 20 heavy (non-hydrogen) atoms. The molecule has 0 aromatic rings. The van der Waals surface area contributed by atoms with E-state index < -0.39 is 14.2 Å². The Kier molecular flexibility index (Phi) is 8.16. The number of allylic oxidation sites excluding steroid dienone is 3. The molecule has 0 aromatic carbocycles. The molecule has 1 N–H and O–H groups in total. The van der Waals surface area contributed by atoms with Crippen LogP contribution in [0.15, 0.2) is 23.8 Å². The molecule has 0 rings (SSSR count). The van der Waals surface area contributed by atoms with Crippen LogP contribution in [0.1, 0.15) is 55.4 Å². The maximum absolute atomic E-state index is 10.0. The fraction of sp³-hybridized carbons (Fsp3) is 0.667. The highest BCUT2D eigenvalue weighted by Crippen LogP contribution is 2.40. The van der Waals surface area contributed by atoms with Crippen LogP contribution in [0.5, 0.6) is 0 Å². The second kappa shape index (κ2) is 8.49. The Labute approximate surface area is 127 Å². The van der Waals surface area contributed by atoms with Crippen LogP contribution in [-0.2, 0) is 0 Å². The minimum atomic E-state index is -1.72. The van der Waals surface area contributed by atoms with Crippen molar-refractivity contribution in [1.29, 1.82) is 0 Å². The Morgan fingerprint density at radius 3 is 1.75 bits per heavy atom. The van der Waals surface area contributed by atoms with Gasteiger partial charge in [0.2, 0.25) is 0 Å². The van der Waals surface area contributed by atoms with Crippen molar-refractivity contribution >= 4 is 8.07 Å². The van der Waals surface area contributed by atoms with Crippen molar-refractivity contribution < 1.29 is 5.11 Å². The van der Waals surface area contributed by atoms with E-state index in [1.54, 1.807) is 6.08 Å². The van der Waals surface area contributed by atoms with Crippen molar-refractivity contribution in [3.8, 4) is 11.5 Å². The molecular formula is C18H32OSi. The van der Waals surface area contributed by atoms with Gasteiger partial charge in [0.15, 0.2) is 0 Å². The van der Waals surface area contributed by atoms with Crippen LogP contribution in [0.25, 0.3) is 0 Å². The maximum atomic E-state index is 10.0. The minimum absolute atomic E-state index is 0.601. The second-order valence-electron chi connectivity index (χ2n) is 6.74. The molecule has 0 fully saturated rings. The summed E-state index contributed by atoms with van der Waals surface area (Å²) in [6.45, 7) is 17.8. The number of aliphatic hydroxyl groups is 1. The lowest BCUT2D eigenvalue weighted by Crippen LogP contribution is -2.43. The van der Waals surface area contributed by atoms with Gasteiger partial charge in [-0.25, -0.2) is 0 Å². The number of rotatable bonds is 5. The minimum Gasteiger partial charge on any atom is -0.377 e. The Morgan fingerprint density at radius 2 is 1.40 bits per heavy atom. The van der Waals surface area contributed by atoms with E-state index >= 15 is 0 Å². The van der Waals surface area contributed by atoms with E-state index in [0.29, 0.717) is 16.6 Å². The molecule has 1 atom stereocenters. The van der Waals surface area contributed by atoms with E-state index in [-0.39, 0.29) is 0 Å². The molecule has 0 heterocycles. The van der Waals surface area contributed by atoms with Gasteiger partial charge in [-0.3, -0.25) is 0 Å². The Bertz CT molecular complexity index is 379. The molecule has 1 nitrogen and oxygen atoms in total. The van der Waals surface area contributed by atoms with Crippen molar-refractivity contribution in [3.63, 3.8) is 0 Å². The van der Waals surface area contributed by atoms with E-state index in [9.17, 15) is 5.11 Å². The van der Waals surface area contributed by atoms with Gasteiger partial charge in [0, 0.05) is 0 Å². The predicted molar refractivity (Wildman–Crippen MR) is 93.4 cm³/mol. The fourth-order valence-corrected chi connectivity index (χ4v) is 8.30. The van der Waals surface area contributed by atoms with E-state index in [1.165, 1.54) is 5.57 Å². The molecule has 0 saturated carbocycles. The van der Waals surface area contributed by atoms with Crippen molar-refractivity contribution in [2.75, 3.05) is 0 Å². The van der Waals surface area contributed by atoms with E-state index in [1.807, 2.05) is 26.0 Å². The molecule has 0 aliphatic carbocycles. The quantitative estimate of drug-likeness (QED) is 0.425. The zero-order valence-corrected chi connectivity index (χ0v) is 15.5. The Morgan fingerprint density at radius 1 is 0.950 bits per heavy atom. The molecule has 0 radical (unpaired) electrons. The molecule has 0 aliphatic heterocycles. The van der Waals surface area contributed by atoms with Crippen LogP contribution in [0.4, 0.5) is 0 Å². The lowest BCUT2D eigenvalue weighted by atomic mass is 10.3. The van der Waals surface area contributed by atoms with Crippen LogP contribution in [0.2, 0.25) is 16.6 Å². The van der Waals surface area contributed by atoms with Gasteiger partial charge in [-0.2, -0.15) is 0 Å². The molecule has 0 spiro atoms. The summed E-state index contributed by atoms with van der Waals surface area (Å²) >= 11 is 0.